The van der Waals surface area contributed by atoms with Crippen molar-refractivity contribution in [1.82, 2.24) is 25.0 Å². The Labute approximate surface area is 188 Å². The molecule has 10 heteroatoms. The van der Waals surface area contributed by atoms with E-state index in [0.29, 0.717) is 27.8 Å². The number of benzene rings is 1. The zero-order valence-corrected chi connectivity index (χ0v) is 19.1. The molecule has 0 spiro atoms. The number of rotatable bonds is 7. The number of carbonyl (C=O) groups is 1. The number of hydrogen-bond acceptors (Lipinski definition) is 7. The second-order valence-electron chi connectivity index (χ2n) is 7.18. The Morgan fingerprint density at radius 3 is 2.83 bits per heavy atom. The van der Waals surface area contributed by atoms with E-state index in [4.69, 9.17) is 11.6 Å². The highest BCUT2D eigenvalue weighted by Crippen LogP contribution is 2.35. The first kappa shape index (κ1) is 21.3. The first-order chi connectivity index (χ1) is 14.6. The van der Waals surface area contributed by atoms with Crippen LogP contribution in [0.3, 0.4) is 0 Å². The Hall–Kier alpha value is -1.97. The van der Waals surface area contributed by atoms with E-state index in [2.05, 4.69) is 25.7 Å². The van der Waals surface area contributed by atoms with Crippen molar-refractivity contribution in [3.63, 3.8) is 0 Å². The van der Waals surface area contributed by atoms with Crippen molar-refractivity contribution in [2.75, 3.05) is 11.1 Å². The standard InChI is InChI=1S/C20H23ClN6OS2/c1-2-27-17(14-9-6-10-15(21)11-14)23-26-20(27)29-12-16(28)22-19-25-24-18(30-19)13-7-4-3-5-8-13/h6,9-11,13H,2-5,7-8,12H2,1H3,(H,22,25,28). The lowest BCUT2D eigenvalue weighted by atomic mass is 9.90. The van der Waals surface area contributed by atoms with Crippen molar-refractivity contribution in [2.45, 2.75) is 56.6 Å². The summed E-state index contributed by atoms with van der Waals surface area (Å²) in [5, 5.41) is 22.8. The minimum Gasteiger partial charge on any atom is -0.302 e. The lowest BCUT2D eigenvalue weighted by Gasteiger charge is -2.18. The van der Waals surface area contributed by atoms with Crippen molar-refractivity contribution < 1.29 is 4.79 Å². The topological polar surface area (TPSA) is 85.6 Å². The second-order valence-corrected chi connectivity index (χ2v) is 9.57. The van der Waals surface area contributed by atoms with Crippen molar-refractivity contribution in [3.8, 4) is 11.4 Å². The summed E-state index contributed by atoms with van der Waals surface area (Å²) < 4.78 is 1.98. The molecule has 158 valence electrons. The lowest BCUT2D eigenvalue weighted by Crippen LogP contribution is -2.14. The zero-order chi connectivity index (χ0) is 20.9. The van der Waals surface area contributed by atoms with Crippen molar-refractivity contribution in [1.29, 1.82) is 0 Å². The summed E-state index contributed by atoms with van der Waals surface area (Å²) >= 11 is 8.95. The van der Waals surface area contributed by atoms with E-state index >= 15 is 0 Å². The van der Waals surface area contributed by atoms with Gasteiger partial charge in [0, 0.05) is 23.0 Å². The Morgan fingerprint density at radius 2 is 2.07 bits per heavy atom. The maximum Gasteiger partial charge on any atom is 0.236 e. The highest BCUT2D eigenvalue weighted by atomic mass is 35.5. The van der Waals surface area contributed by atoms with Gasteiger partial charge in [0.05, 0.1) is 5.75 Å². The van der Waals surface area contributed by atoms with Gasteiger partial charge in [0.1, 0.15) is 5.01 Å². The summed E-state index contributed by atoms with van der Waals surface area (Å²) in [4.78, 5) is 12.4. The van der Waals surface area contributed by atoms with E-state index in [9.17, 15) is 4.79 Å². The van der Waals surface area contributed by atoms with E-state index in [1.807, 2.05) is 35.8 Å². The fourth-order valence-corrected chi connectivity index (χ4v) is 5.53. The Kier molecular flexibility index (Phi) is 7.01. The van der Waals surface area contributed by atoms with Gasteiger partial charge >= 0.3 is 0 Å². The Balaban J connectivity index is 1.37. The summed E-state index contributed by atoms with van der Waals surface area (Å²) in [6.45, 7) is 2.72. The fourth-order valence-electron chi connectivity index (χ4n) is 3.61. The summed E-state index contributed by atoms with van der Waals surface area (Å²) in [5.41, 5.74) is 0.900. The molecule has 1 saturated carbocycles. The number of anilines is 1. The monoisotopic (exact) mass is 462 g/mol. The van der Waals surface area contributed by atoms with Gasteiger partial charge in [-0.1, -0.05) is 66.1 Å². The summed E-state index contributed by atoms with van der Waals surface area (Å²) in [6.07, 6.45) is 6.13. The molecule has 1 amide bonds. The third-order valence-electron chi connectivity index (χ3n) is 5.09. The number of hydrogen-bond donors (Lipinski definition) is 1. The first-order valence-electron chi connectivity index (χ1n) is 10.1. The van der Waals surface area contributed by atoms with Crippen LogP contribution in [0.2, 0.25) is 5.02 Å². The van der Waals surface area contributed by atoms with Crippen LogP contribution in [0.5, 0.6) is 0 Å². The van der Waals surface area contributed by atoms with Crippen LogP contribution in [0, 0.1) is 0 Å². The number of amides is 1. The molecular formula is C20H23ClN6OS2. The number of nitrogens with zero attached hydrogens (tertiary/aromatic N) is 5. The molecule has 0 unspecified atom stereocenters. The molecule has 30 heavy (non-hydrogen) atoms. The molecule has 4 rings (SSSR count). The fraction of sp³-hybridized carbons (Fsp3) is 0.450. The third-order valence-corrected chi connectivity index (χ3v) is 7.29. The molecule has 2 aromatic heterocycles. The average Bonchev–Trinajstić information content (AvgIpc) is 3.39. The predicted molar refractivity (Wildman–Crippen MR) is 121 cm³/mol. The van der Waals surface area contributed by atoms with Crippen molar-refractivity contribution in [3.05, 3.63) is 34.3 Å². The van der Waals surface area contributed by atoms with Crippen LogP contribution in [-0.2, 0) is 11.3 Å². The van der Waals surface area contributed by atoms with Crippen molar-refractivity contribution in [2.24, 2.45) is 0 Å². The minimum absolute atomic E-state index is 0.124. The molecule has 0 aliphatic heterocycles. The lowest BCUT2D eigenvalue weighted by molar-refractivity contribution is -0.113. The number of thioether (sulfide) groups is 1. The predicted octanol–water partition coefficient (Wildman–Crippen LogP) is 5.25. The molecule has 0 saturated heterocycles. The Morgan fingerprint density at radius 1 is 1.23 bits per heavy atom. The molecule has 1 aliphatic carbocycles. The van der Waals surface area contributed by atoms with Crippen LogP contribution in [0.4, 0.5) is 5.13 Å². The van der Waals surface area contributed by atoms with Gasteiger partial charge in [-0.05, 0) is 31.9 Å². The molecule has 3 aromatic rings. The molecule has 0 bridgehead atoms. The van der Waals surface area contributed by atoms with Gasteiger partial charge in [-0.25, -0.2) is 0 Å². The number of carbonyl (C=O) groups excluding carboxylic acids is 1. The number of aromatic nitrogens is 5. The normalized spacial score (nSPS) is 14.7. The summed E-state index contributed by atoms with van der Waals surface area (Å²) in [5.74, 6) is 1.33. The van der Waals surface area contributed by atoms with Crippen molar-refractivity contribution >= 4 is 45.7 Å². The molecule has 1 aliphatic rings. The maximum atomic E-state index is 12.4. The van der Waals surface area contributed by atoms with E-state index in [0.717, 1.165) is 16.4 Å². The number of nitrogens with one attached hydrogen (secondary N) is 1. The van der Waals surface area contributed by atoms with Crippen LogP contribution in [-0.4, -0.2) is 36.6 Å². The first-order valence-corrected chi connectivity index (χ1v) is 12.3. The van der Waals surface area contributed by atoms with E-state index in [1.165, 1.54) is 55.2 Å². The zero-order valence-electron chi connectivity index (χ0n) is 16.7. The van der Waals surface area contributed by atoms with Gasteiger partial charge in [-0.3, -0.25) is 10.1 Å². The number of halogens is 1. The van der Waals surface area contributed by atoms with Gasteiger partial charge in [0.2, 0.25) is 11.0 Å². The van der Waals surface area contributed by atoms with Gasteiger partial charge in [0.15, 0.2) is 11.0 Å². The van der Waals surface area contributed by atoms with Crippen LogP contribution < -0.4 is 5.32 Å². The smallest absolute Gasteiger partial charge is 0.236 e. The second kappa shape index (κ2) is 9.89. The highest BCUT2D eigenvalue weighted by Gasteiger charge is 2.20. The van der Waals surface area contributed by atoms with Crippen LogP contribution in [0.1, 0.15) is 50.0 Å². The largest absolute Gasteiger partial charge is 0.302 e. The quantitative estimate of drug-likeness (QED) is 0.482. The third kappa shape index (κ3) is 5.01. The summed E-state index contributed by atoms with van der Waals surface area (Å²) in [7, 11) is 0. The van der Waals surface area contributed by atoms with Gasteiger partial charge in [0.25, 0.3) is 0 Å². The Bertz CT molecular complexity index is 1010. The maximum absolute atomic E-state index is 12.4. The van der Waals surface area contributed by atoms with Gasteiger partial charge < -0.3 is 4.57 Å². The molecule has 0 radical (unpaired) electrons. The van der Waals surface area contributed by atoms with Crippen LogP contribution in [0.15, 0.2) is 29.4 Å². The molecule has 1 aromatic carbocycles. The van der Waals surface area contributed by atoms with E-state index < -0.39 is 0 Å². The summed E-state index contributed by atoms with van der Waals surface area (Å²) in [6, 6.07) is 7.52. The van der Waals surface area contributed by atoms with Crippen LogP contribution >= 0.6 is 34.7 Å². The minimum atomic E-state index is -0.124. The molecule has 1 N–H and O–H groups in total. The average molecular weight is 463 g/mol. The highest BCUT2D eigenvalue weighted by molar-refractivity contribution is 7.99. The molecule has 1 fully saturated rings. The molecule has 0 atom stereocenters. The molecule has 7 nitrogen and oxygen atoms in total. The van der Waals surface area contributed by atoms with Crippen LogP contribution in [0.25, 0.3) is 11.4 Å². The molecule has 2 heterocycles. The van der Waals surface area contributed by atoms with E-state index in [-0.39, 0.29) is 11.7 Å². The molecular weight excluding hydrogens is 440 g/mol. The SMILES string of the molecule is CCn1c(SCC(=O)Nc2nnc(C3CCCCC3)s2)nnc1-c1cccc(Cl)c1. The van der Waals surface area contributed by atoms with Gasteiger partial charge in [-0.2, -0.15) is 0 Å². The van der Waals surface area contributed by atoms with Gasteiger partial charge in [-0.15, -0.1) is 20.4 Å². The van der Waals surface area contributed by atoms with E-state index in [1.54, 1.807) is 0 Å².